The predicted molar refractivity (Wildman–Crippen MR) is 123 cm³/mol. The van der Waals surface area contributed by atoms with Gasteiger partial charge in [0.15, 0.2) is 5.69 Å². The number of thiazole rings is 1. The van der Waals surface area contributed by atoms with Crippen LogP contribution in [0, 0.1) is 0 Å². The van der Waals surface area contributed by atoms with E-state index in [-0.39, 0.29) is 5.91 Å². The minimum atomic E-state index is -0.143. The van der Waals surface area contributed by atoms with Crippen LogP contribution in [-0.4, -0.2) is 39.7 Å². The summed E-state index contributed by atoms with van der Waals surface area (Å²) in [6.45, 7) is 2.53. The third-order valence-corrected chi connectivity index (χ3v) is 6.00. The number of benzene rings is 2. The third-order valence-electron chi connectivity index (χ3n) is 4.96. The van der Waals surface area contributed by atoms with Gasteiger partial charge in [-0.15, -0.1) is 11.3 Å². The average molecular weight is 433 g/mol. The number of amides is 1. The van der Waals surface area contributed by atoms with Gasteiger partial charge in [0, 0.05) is 18.0 Å². The van der Waals surface area contributed by atoms with Gasteiger partial charge in [-0.25, -0.2) is 9.67 Å². The predicted octanol–water partition coefficient (Wildman–Crippen LogP) is 4.84. The smallest absolute Gasteiger partial charge is 0.274 e. The van der Waals surface area contributed by atoms with Gasteiger partial charge in [0.05, 0.1) is 35.7 Å². The molecule has 0 aliphatic rings. The fourth-order valence-electron chi connectivity index (χ4n) is 3.31. The van der Waals surface area contributed by atoms with E-state index in [0.717, 1.165) is 39.8 Å². The lowest BCUT2D eigenvalue weighted by Crippen LogP contribution is -2.26. The van der Waals surface area contributed by atoms with Crippen LogP contribution in [0.3, 0.4) is 0 Å². The van der Waals surface area contributed by atoms with Gasteiger partial charge in [-0.05, 0) is 48.9 Å². The molecule has 4 aromatic rings. The highest BCUT2D eigenvalue weighted by molar-refractivity contribution is 7.09. The molecule has 0 saturated carbocycles. The number of hydrogen-bond acceptors (Lipinski definition) is 5. The highest BCUT2D eigenvalue weighted by atomic mass is 32.1. The largest absolute Gasteiger partial charge is 0.497 e. The fourth-order valence-corrected chi connectivity index (χ4v) is 4.05. The number of aromatic nitrogens is 3. The Hall–Kier alpha value is -3.45. The quantitative estimate of drug-likeness (QED) is 0.419. The van der Waals surface area contributed by atoms with Crippen LogP contribution in [0.2, 0.25) is 0 Å². The molecule has 2 aromatic carbocycles. The van der Waals surface area contributed by atoms with Crippen molar-refractivity contribution < 1.29 is 9.53 Å². The summed E-state index contributed by atoms with van der Waals surface area (Å²) in [5, 5.41) is 7.74. The number of rotatable bonds is 7. The molecule has 0 unspecified atom stereocenters. The molecule has 158 valence electrons. The van der Waals surface area contributed by atoms with Crippen LogP contribution in [0.4, 0.5) is 0 Å². The van der Waals surface area contributed by atoms with Gasteiger partial charge in [-0.1, -0.05) is 25.1 Å². The maximum absolute atomic E-state index is 13.2. The lowest BCUT2D eigenvalue weighted by Gasteiger charge is -2.14. The van der Waals surface area contributed by atoms with Crippen molar-refractivity contribution in [2.45, 2.75) is 19.9 Å². The molecule has 0 aliphatic heterocycles. The fraction of sp³-hybridized carbons (Fsp3) is 0.208. The Morgan fingerprint density at radius 2 is 1.87 bits per heavy atom. The maximum Gasteiger partial charge on any atom is 0.274 e. The Bertz CT molecular complexity index is 1170. The lowest BCUT2D eigenvalue weighted by molar-refractivity contribution is 0.0777. The van der Waals surface area contributed by atoms with Crippen molar-refractivity contribution in [1.29, 1.82) is 0 Å². The SMILES string of the molecule is CCc1nc(CN(C)C(=O)c2cc(-c3ccc(OC)cc3)n(-c3ccccc3)n2)cs1. The molecular formula is C24H24N4O2S. The summed E-state index contributed by atoms with van der Waals surface area (Å²) in [7, 11) is 3.42. The van der Waals surface area contributed by atoms with Crippen LogP contribution >= 0.6 is 11.3 Å². The maximum atomic E-state index is 13.2. The zero-order chi connectivity index (χ0) is 21.8. The van der Waals surface area contributed by atoms with E-state index in [2.05, 4.69) is 17.0 Å². The summed E-state index contributed by atoms with van der Waals surface area (Å²) in [6.07, 6.45) is 0.898. The zero-order valence-electron chi connectivity index (χ0n) is 17.8. The number of para-hydroxylation sites is 1. The summed E-state index contributed by atoms with van der Waals surface area (Å²) < 4.78 is 7.08. The van der Waals surface area contributed by atoms with Crippen molar-refractivity contribution >= 4 is 17.2 Å². The number of methoxy groups -OCH3 is 1. The molecule has 0 N–H and O–H groups in total. The molecule has 2 heterocycles. The Morgan fingerprint density at radius 3 is 2.52 bits per heavy atom. The van der Waals surface area contributed by atoms with Crippen LogP contribution in [0.5, 0.6) is 5.75 Å². The molecule has 0 spiro atoms. The molecule has 0 radical (unpaired) electrons. The highest BCUT2D eigenvalue weighted by Crippen LogP contribution is 2.26. The number of nitrogens with zero attached hydrogens (tertiary/aromatic N) is 4. The first-order chi connectivity index (χ1) is 15.1. The van der Waals surface area contributed by atoms with Gasteiger partial charge in [-0.3, -0.25) is 4.79 Å². The Kier molecular flexibility index (Phi) is 6.13. The van der Waals surface area contributed by atoms with Crippen molar-refractivity contribution in [2.24, 2.45) is 0 Å². The molecular weight excluding hydrogens is 408 g/mol. The Labute approximate surface area is 185 Å². The molecule has 0 atom stereocenters. The molecule has 7 heteroatoms. The molecule has 0 fully saturated rings. The number of aryl methyl sites for hydroxylation is 1. The minimum absolute atomic E-state index is 0.143. The molecule has 6 nitrogen and oxygen atoms in total. The molecule has 31 heavy (non-hydrogen) atoms. The summed E-state index contributed by atoms with van der Waals surface area (Å²) in [5.41, 5.74) is 3.97. The molecule has 4 rings (SSSR count). The minimum Gasteiger partial charge on any atom is -0.497 e. The van der Waals surface area contributed by atoms with E-state index in [1.165, 1.54) is 0 Å². The van der Waals surface area contributed by atoms with E-state index in [4.69, 9.17) is 4.74 Å². The summed E-state index contributed by atoms with van der Waals surface area (Å²) in [6, 6.07) is 19.4. The van der Waals surface area contributed by atoms with Crippen molar-refractivity contribution in [2.75, 3.05) is 14.2 Å². The Morgan fingerprint density at radius 1 is 1.13 bits per heavy atom. The normalized spacial score (nSPS) is 10.8. The van der Waals surface area contributed by atoms with Gasteiger partial charge < -0.3 is 9.64 Å². The average Bonchev–Trinajstić information content (AvgIpc) is 3.46. The first-order valence-corrected chi connectivity index (χ1v) is 11.0. The van der Waals surface area contributed by atoms with E-state index in [9.17, 15) is 4.79 Å². The molecule has 0 bridgehead atoms. The summed E-state index contributed by atoms with van der Waals surface area (Å²) in [5.74, 6) is 0.635. The lowest BCUT2D eigenvalue weighted by atomic mass is 10.1. The van der Waals surface area contributed by atoms with Crippen molar-refractivity contribution in [3.8, 4) is 22.7 Å². The van der Waals surface area contributed by atoms with Crippen LogP contribution in [0.15, 0.2) is 66.0 Å². The van der Waals surface area contributed by atoms with Crippen LogP contribution < -0.4 is 4.74 Å². The third kappa shape index (κ3) is 4.51. The van der Waals surface area contributed by atoms with Gasteiger partial charge in [0.2, 0.25) is 0 Å². The van der Waals surface area contributed by atoms with Crippen LogP contribution in [0.25, 0.3) is 16.9 Å². The van der Waals surface area contributed by atoms with Gasteiger partial charge >= 0.3 is 0 Å². The van der Waals surface area contributed by atoms with Crippen molar-refractivity contribution in [3.05, 3.63) is 82.4 Å². The molecule has 0 saturated heterocycles. The molecule has 1 amide bonds. The standard InChI is InChI=1S/C24H24N4O2S/c1-4-23-25-18(16-31-23)15-27(2)24(29)21-14-22(17-10-12-20(30-3)13-11-17)28(26-21)19-8-6-5-7-9-19/h5-14,16H,4,15H2,1-3H3. The van der Waals surface area contributed by atoms with Gasteiger partial charge in [-0.2, -0.15) is 5.10 Å². The van der Waals surface area contributed by atoms with Gasteiger partial charge in [0.25, 0.3) is 5.91 Å². The molecule has 0 aliphatic carbocycles. The highest BCUT2D eigenvalue weighted by Gasteiger charge is 2.20. The summed E-state index contributed by atoms with van der Waals surface area (Å²) >= 11 is 1.62. The summed E-state index contributed by atoms with van der Waals surface area (Å²) in [4.78, 5) is 19.4. The number of ether oxygens (including phenoxy) is 1. The topological polar surface area (TPSA) is 60.3 Å². The van der Waals surface area contributed by atoms with E-state index in [1.54, 1.807) is 35.1 Å². The number of carbonyl (C=O) groups excluding carboxylic acids is 1. The second kappa shape index (κ2) is 9.14. The van der Waals surface area contributed by atoms with Gasteiger partial charge in [0.1, 0.15) is 5.75 Å². The van der Waals surface area contributed by atoms with E-state index in [1.807, 2.05) is 66.0 Å². The number of carbonyl (C=O) groups is 1. The van der Waals surface area contributed by atoms with E-state index < -0.39 is 0 Å². The monoisotopic (exact) mass is 432 g/mol. The first-order valence-electron chi connectivity index (χ1n) is 10.1. The zero-order valence-corrected chi connectivity index (χ0v) is 18.6. The Balaban J connectivity index is 1.67. The van der Waals surface area contributed by atoms with E-state index in [0.29, 0.717) is 12.2 Å². The second-order valence-corrected chi connectivity index (χ2v) is 8.08. The van der Waals surface area contributed by atoms with Crippen LogP contribution in [0.1, 0.15) is 28.1 Å². The van der Waals surface area contributed by atoms with Crippen LogP contribution in [-0.2, 0) is 13.0 Å². The molecule has 2 aromatic heterocycles. The number of hydrogen-bond donors (Lipinski definition) is 0. The second-order valence-electron chi connectivity index (χ2n) is 7.14. The van der Waals surface area contributed by atoms with Crippen molar-refractivity contribution in [1.82, 2.24) is 19.7 Å². The first kappa shape index (κ1) is 20.8. The van der Waals surface area contributed by atoms with Crippen molar-refractivity contribution in [3.63, 3.8) is 0 Å². The van der Waals surface area contributed by atoms with E-state index >= 15 is 0 Å².